The fourth-order valence-corrected chi connectivity index (χ4v) is 7.78. The normalized spacial score (nSPS) is 11.2. The Morgan fingerprint density at radius 1 is 0.750 bits per heavy atom. The molecular weight excluding hydrogens is 794 g/mol. The highest BCUT2D eigenvalue weighted by Gasteiger charge is 2.24. The van der Waals surface area contributed by atoms with Gasteiger partial charge in [0.1, 0.15) is 19.8 Å². The summed E-state index contributed by atoms with van der Waals surface area (Å²) in [7, 11) is -4.09. The molecule has 0 unspecified atom stereocenters. The molecule has 0 bridgehead atoms. The van der Waals surface area contributed by atoms with Crippen LogP contribution in [0, 0.1) is 0 Å². The molecule has 258 valence electrons. The van der Waals surface area contributed by atoms with Gasteiger partial charge in [-0.05, 0) is 30.5 Å². The number of benzene rings is 2. The van der Waals surface area contributed by atoms with Crippen LogP contribution in [0.25, 0.3) is 0 Å². The lowest BCUT2D eigenvalue weighted by atomic mass is 10.4. The minimum Gasteiger partial charge on any atom is -0.478 e. The molecule has 0 amide bonds. The zero-order chi connectivity index (χ0) is 35.6. The summed E-state index contributed by atoms with van der Waals surface area (Å²) >= 11 is 26.0. The maximum atomic E-state index is 12.5. The fraction of sp³-hybridized carbons (Fsp3) is 0.192. The lowest BCUT2D eigenvalue weighted by molar-refractivity contribution is -0.137. The molecule has 0 saturated carbocycles. The van der Waals surface area contributed by atoms with Gasteiger partial charge in [0.05, 0.1) is 59.6 Å². The Morgan fingerprint density at radius 2 is 1.19 bits per heavy atom. The Bertz CT molecular complexity index is 2010. The molecule has 2 aromatic heterocycles. The van der Waals surface area contributed by atoms with E-state index in [0.717, 1.165) is 11.8 Å². The number of hydrogen-bond acceptors (Lipinski definition) is 14. The van der Waals surface area contributed by atoms with Crippen LogP contribution in [0.1, 0.15) is 0 Å². The van der Waals surface area contributed by atoms with Gasteiger partial charge in [-0.25, -0.2) is 36.8 Å². The maximum absolute atomic E-state index is 12.5. The lowest BCUT2D eigenvalue weighted by Gasteiger charge is -2.12. The number of nitrogens with one attached hydrogen (secondary N) is 2. The van der Waals surface area contributed by atoms with E-state index in [-0.39, 0.29) is 59.0 Å². The third kappa shape index (κ3) is 10.3. The summed E-state index contributed by atoms with van der Waals surface area (Å²) in [5, 5.41) is 1.02. The Morgan fingerprint density at radius 3 is 1.60 bits per heavy atom. The number of halogens is 4. The SMILES string of the molecule is COC(=O)CSc1cnc(NS(=O)(=O)c2cccc(Cl)c2Cl)c(OC)n1.COc1nc(SC)cnc1NS(=O)(=O)c1cccc(Cl)c1Cl. The number of carbonyl (C=O) groups is 1. The highest BCUT2D eigenvalue weighted by atomic mass is 35.5. The minimum absolute atomic E-state index is 0.0253. The van der Waals surface area contributed by atoms with E-state index < -0.39 is 26.0 Å². The number of nitrogens with zero attached hydrogens (tertiary/aromatic N) is 4. The van der Waals surface area contributed by atoms with Crippen molar-refractivity contribution in [1.29, 1.82) is 0 Å². The first-order valence-corrected chi connectivity index (χ1v) is 19.4. The highest BCUT2D eigenvalue weighted by molar-refractivity contribution is 7.99. The van der Waals surface area contributed by atoms with Crippen molar-refractivity contribution in [1.82, 2.24) is 19.9 Å². The van der Waals surface area contributed by atoms with Crippen molar-refractivity contribution in [2.45, 2.75) is 19.8 Å². The van der Waals surface area contributed by atoms with Crippen molar-refractivity contribution >= 4 is 108 Å². The molecule has 0 atom stereocenters. The van der Waals surface area contributed by atoms with Crippen LogP contribution in [-0.4, -0.2) is 76.1 Å². The first-order valence-electron chi connectivity index (χ1n) is 12.7. The van der Waals surface area contributed by atoms with Crippen LogP contribution in [0.15, 0.2) is 68.6 Å². The summed E-state index contributed by atoms with van der Waals surface area (Å²) < 4.78 is 69.1. The second-order valence-corrected chi connectivity index (χ2v) is 15.2. The van der Waals surface area contributed by atoms with Crippen molar-refractivity contribution in [3.05, 3.63) is 68.9 Å². The molecule has 4 rings (SSSR count). The predicted octanol–water partition coefficient (Wildman–Crippen LogP) is 6.17. The number of ether oxygens (including phenoxy) is 3. The summed E-state index contributed by atoms with van der Waals surface area (Å²) in [4.78, 5) is 27.0. The van der Waals surface area contributed by atoms with Crippen LogP contribution in [0.3, 0.4) is 0 Å². The second kappa shape index (κ2) is 17.6. The zero-order valence-electron chi connectivity index (χ0n) is 25.0. The van der Waals surface area contributed by atoms with E-state index in [1.165, 1.54) is 81.9 Å². The van der Waals surface area contributed by atoms with E-state index in [0.29, 0.717) is 10.1 Å². The van der Waals surface area contributed by atoms with E-state index in [1.807, 2.05) is 6.26 Å². The van der Waals surface area contributed by atoms with Gasteiger partial charge in [-0.3, -0.25) is 14.2 Å². The van der Waals surface area contributed by atoms with Gasteiger partial charge < -0.3 is 14.2 Å². The smallest absolute Gasteiger partial charge is 0.316 e. The van der Waals surface area contributed by atoms with E-state index in [4.69, 9.17) is 55.9 Å². The molecule has 0 fully saturated rings. The maximum Gasteiger partial charge on any atom is 0.316 e. The van der Waals surface area contributed by atoms with Gasteiger partial charge in [-0.1, -0.05) is 70.3 Å². The second-order valence-electron chi connectivity index (χ2n) is 8.52. The van der Waals surface area contributed by atoms with E-state index in [2.05, 4.69) is 34.1 Å². The first-order chi connectivity index (χ1) is 22.7. The number of rotatable bonds is 12. The minimum atomic E-state index is -4.07. The monoisotopic (exact) mass is 816 g/mol. The molecule has 0 aliphatic carbocycles. The van der Waals surface area contributed by atoms with Gasteiger partial charge in [0, 0.05) is 0 Å². The molecule has 48 heavy (non-hydrogen) atoms. The topological polar surface area (TPSA) is 189 Å². The Hall–Kier alpha value is -2.97. The molecule has 2 N–H and O–H groups in total. The predicted molar refractivity (Wildman–Crippen MR) is 186 cm³/mol. The number of aromatic nitrogens is 4. The molecule has 0 spiro atoms. The van der Waals surface area contributed by atoms with Crippen molar-refractivity contribution in [2.24, 2.45) is 0 Å². The third-order valence-corrected chi connectivity index (χ3v) is 11.6. The third-order valence-electron chi connectivity index (χ3n) is 5.47. The summed E-state index contributed by atoms with van der Waals surface area (Å²) in [5.74, 6) is -0.578. The highest BCUT2D eigenvalue weighted by Crippen LogP contribution is 2.33. The van der Waals surface area contributed by atoms with Crippen molar-refractivity contribution in [3.8, 4) is 11.8 Å². The fourth-order valence-electron chi connectivity index (χ4n) is 3.25. The van der Waals surface area contributed by atoms with Gasteiger partial charge in [0.15, 0.2) is 0 Å². The van der Waals surface area contributed by atoms with Crippen molar-refractivity contribution in [2.75, 3.05) is 42.8 Å². The number of methoxy groups -OCH3 is 3. The molecule has 0 aliphatic heterocycles. The molecule has 2 aromatic carbocycles. The molecule has 14 nitrogen and oxygen atoms in total. The van der Waals surface area contributed by atoms with Gasteiger partial charge in [0.2, 0.25) is 11.6 Å². The van der Waals surface area contributed by atoms with Gasteiger partial charge >= 0.3 is 5.97 Å². The molecule has 0 aliphatic rings. The average molecular weight is 819 g/mol. The zero-order valence-corrected chi connectivity index (χ0v) is 31.3. The first kappa shape index (κ1) is 39.5. The molecule has 0 saturated heterocycles. The number of sulfonamides is 2. The summed E-state index contributed by atoms with van der Waals surface area (Å²) in [6.45, 7) is 0. The Kier molecular flexibility index (Phi) is 14.5. The van der Waals surface area contributed by atoms with Crippen LogP contribution in [-0.2, 0) is 29.6 Å². The molecule has 0 radical (unpaired) electrons. The van der Waals surface area contributed by atoms with E-state index >= 15 is 0 Å². The number of anilines is 2. The van der Waals surface area contributed by atoms with Crippen molar-refractivity contribution < 1.29 is 35.8 Å². The largest absolute Gasteiger partial charge is 0.478 e. The quantitative estimate of drug-likeness (QED) is 0.122. The van der Waals surface area contributed by atoms with Crippen LogP contribution in [0.2, 0.25) is 20.1 Å². The summed E-state index contributed by atoms with van der Waals surface area (Å²) in [6, 6.07) is 8.55. The van der Waals surface area contributed by atoms with E-state index in [9.17, 15) is 21.6 Å². The Balaban J connectivity index is 0.000000264. The number of carbonyl (C=O) groups excluding carboxylic acids is 1. The summed E-state index contributed by atoms with van der Waals surface area (Å²) in [6.07, 6.45) is 4.55. The molecule has 2 heterocycles. The molecule has 22 heteroatoms. The number of thioether (sulfide) groups is 2. The van der Waals surface area contributed by atoms with Crippen LogP contribution < -0.4 is 18.9 Å². The molecular formula is C26H24Cl4N6O8S4. The van der Waals surface area contributed by atoms with Crippen LogP contribution in [0.5, 0.6) is 11.8 Å². The summed E-state index contributed by atoms with van der Waals surface area (Å²) in [5.41, 5.74) is 0. The van der Waals surface area contributed by atoms with E-state index in [1.54, 1.807) is 0 Å². The standard InChI is InChI=1S/C14H13Cl2N3O5S2.C12H11Cl2N3O3S2/c1-23-11(20)7-25-10-6-17-13(14(18-10)24-2)19-26(21,22)9-5-3-4-8(15)12(9)16;1-20-12-11(15-6-9(16-12)21-2)17-22(18,19)8-5-3-4-7(13)10(8)14/h3-6H,7H2,1-2H3,(H,17,19);3-6H,1-2H3,(H,15,17). The van der Waals surface area contributed by atoms with Gasteiger partial charge in [-0.15, -0.1) is 11.8 Å². The number of esters is 1. The van der Waals surface area contributed by atoms with Crippen LogP contribution >= 0.6 is 69.9 Å². The lowest BCUT2D eigenvalue weighted by Crippen LogP contribution is -2.16. The van der Waals surface area contributed by atoms with Crippen LogP contribution in [0.4, 0.5) is 11.6 Å². The number of hydrogen-bond donors (Lipinski definition) is 2. The Labute approximate surface area is 304 Å². The van der Waals surface area contributed by atoms with Gasteiger partial charge in [0.25, 0.3) is 31.8 Å². The van der Waals surface area contributed by atoms with Gasteiger partial charge in [-0.2, -0.15) is 0 Å². The van der Waals surface area contributed by atoms with Crippen molar-refractivity contribution in [3.63, 3.8) is 0 Å². The average Bonchev–Trinajstić information content (AvgIpc) is 3.06. The molecule has 4 aromatic rings.